The summed E-state index contributed by atoms with van der Waals surface area (Å²) in [4.78, 5) is 5.13. The summed E-state index contributed by atoms with van der Waals surface area (Å²) in [6.07, 6.45) is 0. The number of rotatable bonds is 4. The van der Waals surface area contributed by atoms with Crippen LogP contribution in [0.4, 0.5) is 8.78 Å². The smallest absolute Gasteiger partial charge is 0.127 e. The Kier molecular flexibility index (Phi) is 7.03. The number of hydrogen-bond acceptors (Lipinski definition) is 3. The topological polar surface area (TPSA) is 43.8 Å². The van der Waals surface area contributed by atoms with Gasteiger partial charge in [0, 0.05) is 17.5 Å². The van der Waals surface area contributed by atoms with Crippen LogP contribution in [0.15, 0.2) is 28.1 Å². The monoisotopic (exact) mass is 327 g/mol. The third kappa shape index (κ3) is 4.30. The van der Waals surface area contributed by atoms with Crippen molar-refractivity contribution in [3.63, 3.8) is 0 Å². The lowest BCUT2D eigenvalue weighted by Crippen LogP contribution is -2.00. The number of imidazole rings is 1. The predicted octanol–water partition coefficient (Wildman–Crippen LogP) is 4.34. The van der Waals surface area contributed by atoms with Crippen molar-refractivity contribution in [1.82, 2.24) is 9.55 Å². The van der Waals surface area contributed by atoms with Crippen molar-refractivity contribution in [2.45, 2.75) is 50.1 Å². The fourth-order valence-electron chi connectivity index (χ4n) is 2.12. The van der Waals surface area contributed by atoms with Gasteiger partial charge in [-0.1, -0.05) is 25.6 Å². The molecule has 1 aromatic carbocycles. The van der Waals surface area contributed by atoms with Crippen LogP contribution in [0.2, 0.25) is 0 Å². The van der Waals surface area contributed by atoms with Crippen molar-refractivity contribution in [3.05, 3.63) is 41.4 Å². The molecule has 6 heteroatoms. The van der Waals surface area contributed by atoms with Gasteiger partial charge in [-0.2, -0.15) is 0 Å². The number of benzene rings is 1. The normalized spacial score (nSPS) is 10.6. The minimum Gasteiger partial charge on any atom is -0.333 e. The number of aryl methyl sites for hydroxylation is 1. The van der Waals surface area contributed by atoms with Gasteiger partial charge in [-0.25, -0.2) is 13.8 Å². The van der Waals surface area contributed by atoms with E-state index in [9.17, 15) is 8.78 Å². The Morgan fingerprint density at radius 1 is 1.18 bits per heavy atom. The molecule has 0 atom stereocenters. The summed E-state index contributed by atoms with van der Waals surface area (Å²) < 4.78 is 28.7. The van der Waals surface area contributed by atoms with Crippen LogP contribution >= 0.6 is 11.8 Å². The zero-order chi connectivity index (χ0) is 16.9. The summed E-state index contributed by atoms with van der Waals surface area (Å²) in [7, 11) is 1.50. The van der Waals surface area contributed by atoms with Crippen LogP contribution in [-0.4, -0.2) is 16.6 Å². The van der Waals surface area contributed by atoms with Crippen LogP contribution in [0.1, 0.15) is 38.2 Å². The lowest BCUT2D eigenvalue weighted by molar-refractivity contribution is 0.577. The number of nitrogens with zero attached hydrogens (tertiary/aromatic N) is 2. The Labute approximate surface area is 134 Å². The zero-order valence-electron chi connectivity index (χ0n) is 13.7. The molecule has 0 aliphatic carbocycles. The van der Waals surface area contributed by atoms with Crippen LogP contribution in [0.3, 0.4) is 0 Å². The molecule has 0 amide bonds. The number of aromatic nitrogens is 2. The van der Waals surface area contributed by atoms with Crippen LogP contribution in [0.5, 0.6) is 0 Å². The van der Waals surface area contributed by atoms with Crippen molar-refractivity contribution >= 4 is 11.8 Å². The highest BCUT2D eigenvalue weighted by Crippen LogP contribution is 2.35. The van der Waals surface area contributed by atoms with Gasteiger partial charge in [0.2, 0.25) is 0 Å². The van der Waals surface area contributed by atoms with E-state index in [1.54, 1.807) is 0 Å². The first-order valence-electron chi connectivity index (χ1n) is 7.21. The molecule has 122 valence electrons. The van der Waals surface area contributed by atoms with Gasteiger partial charge < -0.3 is 10.3 Å². The third-order valence-electron chi connectivity index (χ3n) is 3.05. The Balaban J connectivity index is 0.00000116. The molecule has 3 nitrogen and oxygen atoms in total. The van der Waals surface area contributed by atoms with Gasteiger partial charge in [0.05, 0.1) is 5.69 Å². The molecule has 0 spiro atoms. The maximum Gasteiger partial charge on any atom is 0.127 e. The SMILES string of the molecule is CCn1c(C)nc(C(C)C)c1Sc1cc(F)cc(F)c1.CN. The van der Waals surface area contributed by atoms with E-state index in [0.29, 0.717) is 4.90 Å². The Morgan fingerprint density at radius 2 is 1.73 bits per heavy atom. The van der Waals surface area contributed by atoms with Crippen molar-refractivity contribution in [1.29, 1.82) is 0 Å². The van der Waals surface area contributed by atoms with Crippen LogP contribution < -0.4 is 5.73 Å². The predicted molar refractivity (Wildman–Crippen MR) is 87.3 cm³/mol. The quantitative estimate of drug-likeness (QED) is 0.908. The first-order chi connectivity index (χ1) is 10.4. The van der Waals surface area contributed by atoms with E-state index in [2.05, 4.69) is 29.1 Å². The molecule has 2 aromatic rings. The van der Waals surface area contributed by atoms with E-state index in [1.165, 1.54) is 30.9 Å². The van der Waals surface area contributed by atoms with Gasteiger partial charge >= 0.3 is 0 Å². The second-order valence-electron chi connectivity index (χ2n) is 4.96. The summed E-state index contributed by atoms with van der Waals surface area (Å²) >= 11 is 1.36. The minimum absolute atomic E-state index is 0.266. The van der Waals surface area contributed by atoms with Crippen LogP contribution in [0, 0.1) is 18.6 Å². The molecule has 0 fully saturated rings. The summed E-state index contributed by atoms with van der Waals surface area (Å²) in [5.41, 5.74) is 5.47. The largest absolute Gasteiger partial charge is 0.333 e. The molecule has 0 saturated carbocycles. The van der Waals surface area contributed by atoms with Crippen molar-refractivity contribution < 1.29 is 8.78 Å². The van der Waals surface area contributed by atoms with Gasteiger partial charge in [-0.15, -0.1) is 0 Å². The highest BCUT2D eigenvalue weighted by molar-refractivity contribution is 7.99. The summed E-state index contributed by atoms with van der Waals surface area (Å²) in [5, 5.41) is 0.963. The van der Waals surface area contributed by atoms with Gasteiger partial charge in [0.1, 0.15) is 22.5 Å². The van der Waals surface area contributed by atoms with Crippen molar-refractivity contribution in [2.24, 2.45) is 5.73 Å². The molecule has 0 unspecified atom stereocenters. The van der Waals surface area contributed by atoms with E-state index in [-0.39, 0.29) is 5.92 Å². The number of halogens is 2. The van der Waals surface area contributed by atoms with E-state index >= 15 is 0 Å². The van der Waals surface area contributed by atoms with Gasteiger partial charge in [0.15, 0.2) is 0 Å². The van der Waals surface area contributed by atoms with Gasteiger partial charge in [-0.3, -0.25) is 0 Å². The molecular weight excluding hydrogens is 304 g/mol. The molecule has 22 heavy (non-hydrogen) atoms. The highest BCUT2D eigenvalue weighted by atomic mass is 32.2. The number of nitrogens with two attached hydrogens (primary N) is 1. The fourth-order valence-corrected chi connectivity index (χ4v) is 3.45. The molecule has 0 saturated heterocycles. The van der Waals surface area contributed by atoms with Gasteiger partial charge in [0.25, 0.3) is 0 Å². The summed E-state index contributed by atoms with van der Waals surface area (Å²) in [5.74, 6) is 0.0775. The summed E-state index contributed by atoms with van der Waals surface area (Å²) in [6, 6.07) is 3.58. The molecule has 0 aliphatic heterocycles. The summed E-state index contributed by atoms with van der Waals surface area (Å²) in [6.45, 7) is 8.91. The Bertz CT molecular complexity index is 604. The molecule has 0 radical (unpaired) electrons. The molecule has 0 aliphatic rings. The molecule has 2 N–H and O–H groups in total. The van der Waals surface area contributed by atoms with E-state index in [1.807, 2.05) is 13.8 Å². The Morgan fingerprint density at radius 3 is 2.18 bits per heavy atom. The first kappa shape index (κ1) is 18.6. The highest BCUT2D eigenvalue weighted by Gasteiger charge is 2.18. The first-order valence-corrected chi connectivity index (χ1v) is 8.02. The average molecular weight is 327 g/mol. The lowest BCUT2D eigenvalue weighted by Gasteiger charge is -2.10. The standard InChI is InChI=1S/C15H18F2N2S.CH5N/c1-5-19-10(4)18-14(9(2)3)15(19)20-13-7-11(16)6-12(17)8-13;1-2/h6-9H,5H2,1-4H3;2H2,1H3. The van der Waals surface area contributed by atoms with E-state index < -0.39 is 11.6 Å². The van der Waals surface area contributed by atoms with Crippen molar-refractivity contribution in [3.8, 4) is 0 Å². The maximum absolute atomic E-state index is 13.3. The average Bonchev–Trinajstić information content (AvgIpc) is 2.76. The third-order valence-corrected chi connectivity index (χ3v) is 4.15. The molecule has 1 aromatic heterocycles. The second-order valence-corrected chi connectivity index (χ2v) is 6.02. The lowest BCUT2D eigenvalue weighted by atomic mass is 10.1. The van der Waals surface area contributed by atoms with Gasteiger partial charge in [-0.05, 0) is 38.9 Å². The van der Waals surface area contributed by atoms with E-state index in [4.69, 9.17) is 0 Å². The number of hydrogen-bond donors (Lipinski definition) is 1. The zero-order valence-corrected chi connectivity index (χ0v) is 14.5. The minimum atomic E-state index is -0.558. The van der Waals surface area contributed by atoms with Crippen LogP contribution in [0.25, 0.3) is 0 Å². The maximum atomic E-state index is 13.3. The fraction of sp³-hybridized carbons (Fsp3) is 0.438. The molecular formula is C16H23F2N3S. The van der Waals surface area contributed by atoms with Crippen LogP contribution in [-0.2, 0) is 6.54 Å². The molecule has 0 bridgehead atoms. The molecule has 2 rings (SSSR count). The second kappa shape index (κ2) is 8.29. The molecule has 1 heterocycles. The Hall–Kier alpha value is -1.40. The van der Waals surface area contributed by atoms with E-state index in [0.717, 1.165) is 29.2 Å². The van der Waals surface area contributed by atoms with Crippen molar-refractivity contribution in [2.75, 3.05) is 7.05 Å².